The van der Waals surface area contributed by atoms with Crippen LogP contribution in [-0.2, 0) is 43.9 Å². The maximum absolute atomic E-state index is 12.7. The molecule has 119 valence electrons. The Labute approximate surface area is 169 Å². The molecule has 0 aliphatic heterocycles. The fourth-order valence-electron chi connectivity index (χ4n) is 2.52. The fraction of sp³-hybridized carbons (Fsp3) is 0.111. The van der Waals surface area contributed by atoms with Gasteiger partial charge in [0, 0.05) is 54.9 Å². The van der Waals surface area contributed by atoms with Crippen molar-refractivity contribution in [3.8, 4) is 5.75 Å². The van der Waals surface area contributed by atoms with Gasteiger partial charge < -0.3 is 9.53 Å². The zero-order valence-corrected chi connectivity index (χ0v) is 16.5. The molecule has 1 aromatic heterocycles. The van der Waals surface area contributed by atoms with E-state index in [1.54, 1.807) is 49.7 Å². The Morgan fingerprint density at radius 3 is 2.54 bits per heavy atom. The van der Waals surface area contributed by atoms with Crippen molar-refractivity contribution < 1.29 is 47.0 Å². The van der Waals surface area contributed by atoms with Crippen LogP contribution in [0.2, 0.25) is 5.02 Å². The summed E-state index contributed by atoms with van der Waals surface area (Å²) < 4.78 is 6.75. The van der Waals surface area contributed by atoms with Crippen molar-refractivity contribution in [1.29, 1.82) is 0 Å². The average molecular weight is 416 g/mol. The van der Waals surface area contributed by atoms with Crippen LogP contribution in [0.3, 0.4) is 0 Å². The van der Waals surface area contributed by atoms with Crippen LogP contribution in [0.4, 0.5) is 0 Å². The maximum atomic E-state index is 12.7. The summed E-state index contributed by atoms with van der Waals surface area (Å²) in [6.07, 6.45) is 3.67. The monoisotopic (exact) mass is 415 g/mol. The third kappa shape index (κ3) is 3.61. The van der Waals surface area contributed by atoms with Gasteiger partial charge >= 0.3 is 0 Å². The molecule has 4 nitrogen and oxygen atoms in total. The van der Waals surface area contributed by atoms with Crippen molar-refractivity contribution >= 4 is 34.7 Å². The van der Waals surface area contributed by atoms with Gasteiger partial charge in [-0.1, -0.05) is 11.6 Å². The van der Waals surface area contributed by atoms with E-state index in [0.29, 0.717) is 16.3 Å². The summed E-state index contributed by atoms with van der Waals surface area (Å²) in [4.78, 5) is 23.5. The molecule has 0 amide bonds. The number of nitrogens with zero attached hydrogens (tertiary/aromatic N) is 1. The molecule has 0 atom stereocenters. The number of hydrogen-bond acceptors (Lipinski definition) is 3. The Morgan fingerprint density at radius 2 is 1.92 bits per heavy atom. The van der Waals surface area contributed by atoms with Crippen molar-refractivity contribution in [2.24, 2.45) is 0 Å². The second-order valence-electron chi connectivity index (χ2n) is 5.04. The second-order valence-corrected chi connectivity index (χ2v) is 5.48. The summed E-state index contributed by atoms with van der Waals surface area (Å²) >= 11 is 5.86. The molecule has 0 unspecified atom stereocenters. The van der Waals surface area contributed by atoms with Gasteiger partial charge in [-0.15, -0.1) is 6.42 Å². The van der Waals surface area contributed by atoms with Gasteiger partial charge in [0.25, 0.3) is 5.91 Å². The van der Waals surface area contributed by atoms with Gasteiger partial charge in [0.2, 0.25) is 0 Å². The van der Waals surface area contributed by atoms with Gasteiger partial charge in [-0.2, -0.15) is 0 Å². The summed E-state index contributed by atoms with van der Waals surface area (Å²) in [7, 11) is 1.57. The van der Waals surface area contributed by atoms with Crippen molar-refractivity contribution in [1.82, 2.24) is 4.57 Å². The van der Waals surface area contributed by atoms with Gasteiger partial charge in [0.05, 0.1) is 12.6 Å². The second kappa shape index (κ2) is 8.06. The molecule has 0 bridgehead atoms. The minimum absolute atomic E-state index is 0. The molecule has 0 spiro atoms. The minimum Gasteiger partial charge on any atom is -0.541 e. The molecule has 2 aromatic carbocycles. The number of carbonyl (C=O) groups excluding carboxylic acids is 2. The van der Waals surface area contributed by atoms with E-state index in [-0.39, 0.29) is 45.0 Å². The first-order valence-corrected chi connectivity index (χ1v) is 7.35. The third-order valence-electron chi connectivity index (χ3n) is 3.67. The van der Waals surface area contributed by atoms with Gasteiger partial charge in [-0.25, -0.2) is 0 Å². The molecule has 0 aliphatic rings. The summed E-state index contributed by atoms with van der Waals surface area (Å²) in [5.41, 5.74) is 1.97. The van der Waals surface area contributed by atoms with Crippen LogP contribution >= 0.6 is 11.6 Å². The molecule has 0 saturated carbocycles. The van der Waals surface area contributed by atoms with Crippen LogP contribution in [-0.4, -0.2) is 23.9 Å². The molecule has 6 heteroatoms. The Balaban J connectivity index is 0.00000208. The van der Waals surface area contributed by atoms with Crippen molar-refractivity contribution in [3.05, 3.63) is 64.8 Å². The van der Waals surface area contributed by atoms with Gasteiger partial charge in [-0.05, 0) is 48.0 Å². The molecule has 0 aliphatic carbocycles. The van der Waals surface area contributed by atoms with Crippen molar-refractivity contribution in [2.75, 3.05) is 7.11 Å². The number of ether oxygens (including phenoxy) is 1. The molecular weight excluding hydrogens is 403 g/mol. The number of benzene rings is 2. The molecule has 1 radical (unpaired) electrons. The van der Waals surface area contributed by atoms with E-state index in [0.717, 1.165) is 16.5 Å². The molecule has 3 rings (SSSR count). The van der Waals surface area contributed by atoms with Crippen LogP contribution in [0.5, 0.6) is 5.75 Å². The van der Waals surface area contributed by atoms with E-state index < -0.39 is 0 Å². The summed E-state index contributed by atoms with van der Waals surface area (Å²) in [6, 6.07) is 12.1. The fourth-order valence-corrected chi connectivity index (χ4v) is 2.65. The molecule has 0 N–H and O–H groups in total. The van der Waals surface area contributed by atoms with Gasteiger partial charge in [0.1, 0.15) is 5.75 Å². The number of carbonyl (C=O) groups is 1. The van der Waals surface area contributed by atoms with E-state index in [9.17, 15) is 9.59 Å². The minimum atomic E-state index is -0.186. The van der Waals surface area contributed by atoms with Gasteiger partial charge in [-0.3, -0.25) is 15.6 Å². The largest absolute Gasteiger partial charge is 0.541 e. The SMILES string of the molecule is COc1ccc2c(c1)c(C[C-]=O)cn2C(=O)c1ccc(Cl)cc1.[Y]. The predicted octanol–water partition coefficient (Wildman–Crippen LogP) is 3.64. The third-order valence-corrected chi connectivity index (χ3v) is 3.92. The Bertz CT molecular complexity index is 887. The first-order chi connectivity index (χ1) is 11.1. The number of halogens is 1. The zero-order valence-electron chi connectivity index (χ0n) is 13.0. The number of hydrogen-bond donors (Lipinski definition) is 0. The number of rotatable bonds is 4. The number of methoxy groups -OCH3 is 1. The zero-order chi connectivity index (χ0) is 16.4. The maximum Gasteiger partial charge on any atom is 0.262 e. The van der Waals surface area contributed by atoms with Crippen LogP contribution in [0.25, 0.3) is 10.9 Å². The smallest absolute Gasteiger partial charge is 0.262 e. The van der Waals surface area contributed by atoms with Crippen molar-refractivity contribution in [3.63, 3.8) is 0 Å². The summed E-state index contributed by atoms with van der Waals surface area (Å²) in [5.74, 6) is 0.482. The molecule has 3 aromatic rings. The van der Waals surface area contributed by atoms with Crippen LogP contribution in [0, 0.1) is 0 Å². The summed E-state index contributed by atoms with van der Waals surface area (Å²) in [5, 5.41) is 1.37. The van der Waals surface area contributed by atoms with Crippen LogP contribution in [0.15, 0.2) is 48.7 Å². The van der Waals surface area contributed by atoms with E-state index in [4.69, 9.17) is 16.3 Å². The molecule has 24 heavy (non-hydrogen) atoms. The molecule has 0 saturated heterocycles. The van der Waals surface area contributed by atoms with Crippen LogP contribution in [0.1, 0.15) is 15.9 Å². The Morgan fingerprint density at radius 1 is 1.21 bits per heavy atom. The van der Waals surface area contributed by atoms with E-state index in [1.165, 1.54) is 4.57 Å². The first kappa shape index (κ1) is 18.8. The Kier molecular flexibility index (Phi) is 6.33. The van der Waals surface area contributed by atoms with E-state index in [2.05, 4.69) is 0 Å². The van der Waals surface area contributed by atoms with Crippen LogP contribution < -0.4 is 4.74 Å². The molecular formula is C18H13ClNO3Y-. The quantitative estimate of drug-likeness (QED) is 0.611. The van der Waals surface area contributed by atoms with Gasteiger partial charge in [0.15, 0.2) is 0 Å². The Hall–Kier alpha value is -1.49. The average Bonchev–Trinajstić information content (AvgIpc) is 2.93. The van der Waals surface area contributed by atoms with E-state index in [1.807, 2.05) is 12.4 Å². The first-order valence-electron chi connectivity index (χ1n) is 6.97. The normalized spacial score (nSPS) is 10.2. The van der Waals surface area contributed by atoms with Crippen molar-refractivity contribution in [2.45, 2.75) is 6.42 Å². The topological polar surface area (TPSA) is 48.3 Å². The molecule has 1 heterocycles. The molecule has 0 fully saturated rings. The number of fused-ring (bicyclic) bond motifs is 1. The van der Waals surface area contributed by atoms with E-state index >= 15 is 0 Å². The standard InChI is InChI=1S/C18H13ClNO3.Y/c1-23-15-6-7-17-16(10-15)13(8-9-21)11-20(17)18(22)12-2-4-14(19)5-3-12;/h2-7,10-11H,8H2,1H3;/q-1;. The summed E-state index contributed by atoms with van der Waals surface area (Å²) in [6.45, 7) is 0. The predicted molar refractivity (Wildman–Crippen MR) is 89.1 cm³/mol. The number of aromatic nitrogens is 1.